The van der Waals surface area contributed by atoms with Crippen LogP contribution in [0, 0.1) is 0 Å². The van der Waals surface area contributed by atoms with Gasteiger partial charge in [-0.15, -0.1) is 0 Å². The van der Waals surface area contributed by atoms with E-state index in [0.717, 1.165) is 171 Å². The van der Waals surface area contributed by atoms with Crippen molar-refractivity contribution in [2.75, 3.05) is 105 Å². The van der Waals surface area contributed by atoms with Crippen LogP contribution in [0.5, 0.6) is 0 Å². The lowest BCUT2D eigenvalue weighted by Crippen LogP contribution is -2.42. The molecule has 6 fully saturated rings. The van der Waals surface area contributed by atoms with Gasteiger partial charge in [0, 0.05) is 157 Å². The van der Waals surface area contributed by atoms with Crippen LogP contribution in [0.25, 0.3) is 22.1 Å². The smallest absolute Gasteiger partial charge is 0.411 e. The van der Waals surface area contributed by atoms with Crippen molar-refractivity contribution in [3.63, 3.8) is 0 Å². The third-order valence-electron chi connectivity index (χ3n) is 22.6. The van der Waals surface area contributed by atoms with E-state index in [9.17, 15) is 38.4 Å². The number of amides is 7. The molecule has 31 heteroatoms. The fourth-order valence-corrected chi connectivity index (χ4v) is 16.7. The van der Waals surface area contributed by atoms with Crippen LogP contribution in [0.4, 0.5) is 52.5 Å². The molecule has 6 aliphatic heterocycles. The molecule has 0 aliphatic carbocycles. The first kappa shape index (κ1) is 110. The van der Waals surface area contributed by atoms with Gasteiger partial charge in [0.2, 0.25) is 11.8 Å². The minimum atomic E-state index is -0.929. The molecular weight excluding hydrogens is 1770 g/mol. The number of carbonyl (C=O) groups excluding carboxylic acids is 7. The predicted molar refractivity (Wildman–Crippen MR) is 547 cm³/mol. The minimum absolute atomic E-state index is 0. The zero-order valence-corrected chi connectivity index (χ0v) is 83.4. The number of carbonyl (C=O) groups is 8. The van der Waals surface area contributed by atoms with Crippen molar-refractivity contribution in [1.29, 1.82) is 0 Å². The summed E-state index contributed by atoms with van der Waals surface area (Å²) in [4.78, 5) is 127. The van der Waals surface area contributed by atoms with Gasteiger partial charge in [0.25, 0.3) is 0 Å². The lowest BCUT2D eigenvalue weighted by Gasteiger charge is -2.34. The number of H-pyrrole nitrogens is 2. The molecule has 10 aromatic rings. The second-order valence-electron chi connectivity index (χ2n) is 38.5. The molecule has 138 heavy (non-hydrogen) atoms. The van der Waals surface area contributed by atoms with Gasteiger partial charge < -0.3 is 84.4 Å². The normalized spacial score (nSPS) is 17.4. The van der Waals surface area contributed by atoms with Gasteiger partial charge in [0.1, 0.15) is 63.9 Å². The number of carboxylic acid groups (broad SMARTS) is 1. The second-order valence-corrected chi connectivity index (χ2v) is 38.9. The summed E-state index contributed by atoms with van der Waals surface area (Å²) in [7, 11) is 0. The number of piperidine rings is 5. The van der Waals surface area contributed by atoms with E-state index in [1.807, 2.05) is 229 Å². The minimum Gasteiger partial charge on any atom is -0.478 e. The lowest BCUT2D eigenvalue weighted by atomic mass is 9.90. The molecule has 6 saturated heterocycles. The maximum Gasteiger partial charge on any atom is 0.411 e. The van der Waals surface area contributed by atoms with Crippen LogP contribution in [-0.4, -0.2) is 204 Å². The number of anilines is 5. The summed E-state index contributed by atoms with van der Waals surface area (Å²) in [5, 5.41) is 20.0. The van der Waals surface area contributed by atoms with Crippen LogP contribution in [-0.2, 0) is 44.6 Å². The number of rotatable bonds is 12. The Hall–Kier alpha value is -12.8. The van der Waals surface area contributed by atoms with Crippen LogP contribution in [0.2, 0.25) is 5.15 Å². The zero-order chi connectivity index (χ0) is 99.4. The van der Waals surface area contributed by atoms with Gasteiger partial charge in [-0.3, -0.25) is 14.9 Å². The van der Waals surface area contributed by atoms with Crippen LogP contribution in [0.15, 0.2) is 189 Å². The fourth-order valence-electron chi connectivity index (χ4n) is 16.5. The Morgan fingerprint density at radius 2 is 0.797 bits per heavy atom. The Kier molecular flexibility index (Phi) is 43.0. The molecule has 5 unspecified atom stereocenters. The van der Waals surface area contributed by atoms with E-state index in [-0.39, 0.29) is 73.5 Å². The van der Waals surface area contributed by atoms with E-state index in [0.29, 0.717) is 61.9 Å². The first-order valence-electron chi connectivity index (χ1n) is 47.7. The monoisotopic (exact) mass is 1920 g/mol. The number of nitrogen functional groups attached to an aromatic ring is 1. The molecule has 0 spiro atoms. The van der Waals surface area contributed by atoms with Crippen molar-refractivity contribution in [1.82, 2.24) is 49.5 Å². The van der Waals surface area contributed by atoms with Gasteiger partial charge in [-0.1, -0.05) is 124 Å². The largest absolute Gasteiger partial charge is 0.478 e. The number of nitrogens with zero attached hydrogens (tertiary/aromatic N) is 9. The van der Waals surface area contributed by atoms with Crippen molar-refractivity contribution in [2.45, 2.75) is 254 Å². The van der Waals surface area contributed by atoms with E-state index >= 15 is 0 Å². The van der Waals surface area contributed by atoms with Crippen molar-refractivity contribution >= 4 is 110 Å². The molecule has 8 N–H and O–H groups in total. The highest BCUT2D eigenvalue weighted by molar-refractivity contribution is 6.33. The first-order chi connectivity index (χ1) is 65.2. The van der Waals surface area contributed by atoms with Crippen LogP contribution >= 0.6 is 11.6 Å². The summed E-state index contributed by atoms with van der Waals surface area (Å²) in [5.74, 6) is 1.33. The fraction of sp³-hybridized carbons (Fsp3) is 0.477. The number of carboxylic acids is 1. The number of fused-ring (bicyclic) bond motifs is 2. The topological polar surface area (TPSA) is 374 Å². The number of aromatic nitrogens is 6. The van der Waals surface area contributed by atoms with Gasteiger partial charge in [-0.2, -0.15) is 0 Å². The van der Waals surface area contributed by atoms with Gasteiger partial charge in [0.15, 0.2) is 0 Å². The highest BCUT2D eigenvalue weighted by atomic mass is 35.5. The van der Waals surface area contributed by atoms with Gasteiger partial charge in [-0.05, 0) is 266 Å². The number of hydrogen-bond donors (Lipinski definition) is 7. The molecule has 5 atom stereocenters. The molecular formula is C107H146ClN15O15. The number of likely N-dealkylation sites (tertiary alicyclic amines) is 4. The first-order valence-corrected chi connectivity index (χ1v) is 48.1. The Labute approximate surface area is 819 Å². The molecule has 7 amide bonds. The summed E-state index contributed by atoms with van der Waals surface area (Å²) >= 11 is 5.73. The SMILES string of the molecule is C.C1CCOC1.CC.CC(=O)Nc1cccc(C2CCCN(C(=O)OC(C)(C)C)C2)c1.CC(=O)Nc1cccc(C2CCCN(c3ncnc4[nH]ccc34)C2)c1.CC(C)(C)OC(=O)N1CCCC(c2cccc(C(=O)O)c2)C1.CC(C)(C)OC(=O)N1CCCC(c2cccc(N)c2)C1.CC(C)(C)OC(=O)N1CCCC(c2cccc(NC(=O)OCc3ccccc3)c2)C1.Clc1ncnc2[nH]ccc12. The predicted octanol–water partition coefficient (Wildman–Crippen LogP) is 23.6. The molecule has 6 aromatic carbocycles. The molecule has 6 aliphatic rings. The lowest BCUT2D eigenvalue weighted by molar-refractivity contribution is -0.115. The quantitative estimate of drug-likeness (QED) is 0.0339. The molecule has 10 heterocycles. The van der Waals surface area contributed by atoms with E-state index < -0.39 is 34.5 Å². The third-order valence-corrected chi connectivity index (χ3v) is 22.9. The molecule has 0 bridgehead atoms. The van der Waals surface area contributed by atoms with E-state index in [2.05, 4.69) is 75.0 Å². The highest BCUT2D eigenvalue weighted by Crippen LogP contribution is 2.37. The molecule has 0 saturated carbocycles. The number of aromatic carboxylic acids is 1. The van der Waals surface area contributed by atoms with Crippen molar-refractivity contribution in [3.05, 3.63) is 233 Å². The number of nitrogens with one attached hydrogen (secondary N) is 5. The van der Waals surface area contributed by atoms with Gasteiger partial charge >= 0.3 is 36.4 Å². The molecule has 16 rings (SSSR count). The van der Waals surface area contributed by atoms with E-state index in [4.69, 9.17) is 50.9 Å². The summed E-state index contributed by atoms with van der Waals surface area (Å²) in [6, 6.07) is 52.1. The Morgan fingerprint density at radius 1 is 0.435 bits per heavy atom. The average molecular weight is 1920 g/mol. The zero-order valence-electron chi connectivity index (χ0n) is 82.6. The number of benzene rings is 6. The number of aromatic amines is 2. The average Bonchev–Trinajstić information content (AvgIpc) is 1.71. The maximum atomic E-state index is 12.4. The standard InChI is InChI=1S/C24H30N2O4.C19H21N5O.C18H26N2O3.C17H23NO4.C16H24N2O2.C6H4ClN3.C4H8O.C2H6.CH4/c1-24(2,3)30-23(28)26-14-8-12-20(16-26)19-11-7-13-21(15-19)25-22(27)29-17-18-9-5-4-6-10-18;1-13(25)23-16-6-2-4-14(10-16)15-5-3-9-24(11-15)19-17-7-8-20-18(17)21-12-22-19;1-13(21)19-16-9-5-7-14(11-16)15-8-6-10-20(12-15)17(22)23-18(2,3)4;1-17(2,3)22-16(21)18-9-5-8-14(11-18)12-6-4-7-13(10-12)15(19)20;1-16(2,3)20-15(19)18-9-5-7-13(11-18)12-6-4-8-14(17)10-12;7-5-4-1-2-8-6(4)10-3-9-5;1-2-4-5-3-1;1-2;/h4-7,9-11,13,15,20H,8,12,14,16-17H2,1-3H3,(H,25,27);2,4,6-8,10,12,15H,3,5,9,11H2,1H3,(H,23,25)(H,20,21,22);5,7,9,11,15H,6,8,10,12H2,1-4H3,(H,19,21);4,6-7,10,14H,5,8-9,11H2,1-3H3,(H,19,20);4,6,8,10,13H,5,7,9,11,17H2,1-3H3;1-3H,(H,8,9,10);1-4H2;1-2H3;1H4. The molecule has 30 nitrogen and oxygen atoms in total. The summed E-state index contributed by atoms with van der Waals surface area (Å²) in [6.07, 6.45) is 17.8. The van der Waals surface area contributed by atoms with Crippen molar-refractivity contribution in [2.24, 2.45) is 0 Å². The number of ether oxygens (including phenoxy) is 6. The van der Waals surface area contributed by atoms with Crippen LogP contribution in [0.3, 0.4) is 0 Å². The molecule has 746 valence electrons. The van der Waals surface area contributed by atoms with E-state index in [1.165, 1.54) is 44.1 Å². The maximum absolute atomic E-state index is 12.4. The van der Waals surface area contributed by atoms with Crippen molar-refractivity contribution in [3.8, 4) is 0 Å². The number of nitrogens with two attached hydrogens (primary N) is 1. The Bertz CT molecular complexity index is 5520. The highest BCUT2D eigenvalue weighted by Gasteiger charge is 2.34. The third kappa shape index (κ3) is 37.6. The summed E-state index contributed by atoms with van der Waals surface area (Å²) in [6.45, 7) is 39.1. The van der Waals surface area contributed by atoms with Crippen LogP contribution < -0.4 is 26.6 Å². The Morgan fingerprint density at radius 3 is 1.18 bits per heavy atom. The molecule has 0 radical (unpaired) electrons. The number of halogens is 1. The van der Waals surface area contributed by atoms with Crippen molar-refractivity contribution < 1.29 is 71.9 Å². The Balaban J connectivity index is 0.000000203. The summed E-state index contributed by atoms with van der Waals surface area (Å²) in [5.41, 5.74) is 15.5. The second kappa shape index (κ2) is 53.8. The van der Waals surface area contributed by atoms with Gasteiger partial charge in [-0.25, -0.2) is 48.7 Å². The summed E-state index contributed by atoms with van der Waals surface area (Å²) < 4.78 is 32.1. The van der Waals surface area contributed by atoms with Gasteiger partial charge in [0.05, 0.1) is 16.3 Å². The molecule has 4 aromatic heterocycles. The number of hydrogen-bond acceptors (Lipinski definition) is 20. The van der Waals surface area contributed by atoms with E-state index in [1.54, 1.807) is 45.4 Å². The van der Waals surface area contributed by atoms with Crippen LogP contribution in [0.1, 0.15) is 269 Å².